The number of nitrogens with zero attached hydrogens (tertiary/aromatic N) is 2. The van der Waals surface area contributed by atoms with Crippen molar-refractivity contribution in [3.63, 3.8) is 0 Å². The van der Waals surface area contributed by atoms with Gasteiger partial charge in [0, 0.05) is 24.9 Å². The highest BCUT2D eigenvalue weighted by Gasteiger charge is 2.16. The summed E-state index contributed by atoms with van der Waals surface area (Å²) in [6, 6.07) is 5.44. The van der Waals surface area contributed by atoms with Crippen molar-refractivity contribution in [3.8, 4) is 0 Å². The third kappa shape index (κ3) is 3.92. The second-order valence-corrected chi connectivity index (χ2v) is 5.46. The number of ether oxygens (including phenoxy) is 1. The highest BCUT2D eigenvalue weighted by molar-refractivity contribution is 5.56. The van der Waals surface area contributed by atoms with Crippen LogP contribution in [0.3, 0.4) is 0 Å². The van der Waals surface area contributed by atoms with Crippen LogP contribution >= 0.6 is 0 Å². The standard InChI is InChI=1S/C16H18F2N4O/c1-10-8-14(19-9-11-4-3-7-23-11)21-16(20-10)22-15-12(17)5-2-6-13(15)18/h2,5-6,8,11H,3-4,7,9H2,1H3,(H2,19,20,21,22). The van der Waals surface area contributed by atoms with Crippen molar-refractivity contribution in [2.24, 2.45) is 0 Å². The lowest BCUT2D eigenvalue weighted by Gasteiger charge is -2.13. The predicted octanol–water partition coefficient (Wildman–Crippen LogP) is 3.40. The van der Waals surface area contributed by atoms with Crippen molar-refractivity contribution in [3.05, 3.63) is 41.6 Å². The SMILES string of the molecule is Cc1cc(NCC2CCCO2)nc(Nc2c(F)cccc2F)n1. The van der Waals surface area contributed by atoms with E-state index in [0.717, 1.165) is 19.4 Å². The Kier molecular flexibility index (Phi) is 4.66. The molecule has 2 aromatic rings. The quantitative estimate of drug-likeness (QED) is 0.884. The molecular formula is C16H18F2N4O. The molecule has 0 saturated carbocycles. The Morgan fingerprint density at radius 1 is 1.26 bits per heavy atom. The van der Waals surface area contributed by atoms with Gasteiger partial charge in [-0.15, -0.1) is 0 Å². The summed E-state index contributed by atoms with van der Waals surface area (Å²) in [5, 5.41) is 5.79. The molecule has 2 N–H and O–H groups in total. The molecule has 1 aromatic carbocycles. The number of nitrogens with one attached hydrogen (secondary N) is 2. The maximum Gasteiger partial charge on any atom is 0.229 e. The van der Waals surface area contributed by atoms with Gasteiger partial charge in [-0.1, -0.05) is 6.07 Å². The molecule has 7 heteroatoms. The van der Waals surface area contributed by atoms with E-state index >= 15 is 0 Å². The van der Waals surface area contributed by atoms with Gasteiger partial charge >= 0.3 is 0 Å². The van der Waals surface area contributed by atoms with Crippen LogP contribution in [0.1, 0.15) is 18.5 Å². The zero-order chi connectivity index (χ0) is 16.2. The number of hydrogen-bond acceptors (Lipinski definition) is 5. The molecule has 1 saturated heterocycles. The molecule has 3 rings (SSSR count). The number of para-hydroxylation sites is 1. The van der Waals surface area contributed by atoms with Crippen LogP contribution < -0.4 is 10.6 Å². The van der Waals surface area contributed by atoms with Gasteiger partial charge in [0.05, 0.1) is 6.10 Å². The van der Waals surface area contributed by atoms with Crippen LogP contribution in [0.15, 0.2) is 24.3 Å². The minimum absolute atomic E-state index is 0.142. The molecule has 1 fully saturated rings. The number of aromatic nitrogens is 2. The Morgan fingerprint density at radius 2 is 2.04 bits per heavy atom. The number of benzene rings is 1. The summed E-state index contributed by atoms with van der Waals surface area (Å²) < 4.78 is 32.9. The number of rotatable bonds is 5. The van der Waals surface area contributed by atoms with Gasteiger partial charge in [-0.2, -0.15) is 4.98 Å². The van der Waals surface area contributed by atoms with Gasteiger partial charge in [0.25, 0.3) is 0 Å². The molecule has 2 heterocycles. The molecule has 23 heavy (non-hydrogen) atoms. The van der Waals surface area contributed by atoms with Gasteiger partial charge in [0.1, 0.15) is 23.1 Å². The Morgan fingerprint density at radius 3 is 2.74 bits per heavy atom. The van der Waals surface area contributed by atoms with Gasteiger partial charge in [0.2, 0.25) is 5.95 Å². The summed E-state index contributed by atoms with van der Waals surface area (Å²) in [5.74, 6) is -0.649. The van der Waals surface area contributed by atoms with Crippen LogP contribution in [-0.2, 0) is 4.74 Å². The molecular weight excluding hydrogens is 302 g/mol. The van der Waals surface area contributed by atoms with E-state index in [4.69, 9.17) is 4.74 Å². The molecule has 1 aliphatic heterocycles. The first-order valence-electron chi connectivity index (χ1n) is 7.54. The van der Waals surface area contributed by atoms with Crippen LogP contribution in [0, 0.1) is 18.6 Å². The maximum absolute atomic E-state index is 13.7. The Bertz CT molecular complexity index is 670. The van der Waals surface area contributed by atoms with E-state index in [9.17, 15) is 8.78 Å². The zero-order valence-electron chi connectivity index (χ0n) is 12.8. The summed E-state index contributed by atoms with van der Waals surface area (Å²) in [6.45, 7) is 3.22. The predicted molar refractivity (Wildman–Crippen MR) is 83.9 cm³/mol. The summed E-state index contributed by atoms with van der Waals surface area (Å²) in [5.41, 5.74) is 0.428. The largest absolute Gasteiger partial charge is 0.376 e. The molecule has 1 atom stereocenters. The van der Waals surface area contributed by atoms with Crippen LogP contribution in [0.4, 0.5) is 26.2 Å². The maximum atomic E-state index is 13.7. The Balaban J connectivity index is 1.74. The summed E-state index contributed by atoms with van der Waals surface area (Å²) in [4.78, 5) is 8.41. The average molecular weight is 320 g/mol. The fraction of sp³-hybridized carbons (Fsp3) is 0.375. The molecule has 0 radical (unpaired) electrons. The van der Waals surface area contributed by atoms with Gasteiger partial charge < -0.3 is 15.4 Å². The van der Waals surface area contributed by atoms with Crippen molar-refractivity contribution in [1.29, 1.82) is 0 Å². The van der Waals surface area contributed by atoms with Crippen molar-refractivity contribution in [1.82, 2.24) is 9.97 Å². The lowest BCUT2D eigenvalue weighted by atomic mass is 10.2. The molecule has 0 aliphatic carbocycles. The van der Waals surface area contributed by atoms with Gasteiger partial charge in [-0.3, -0.25) is 0 Å². The first-order chi connectivity index (χ1) is 11.1. The first kappa shape index (κ1) is 15.6. The van der Waals surface area contributed by atoms with Gasteiger partial charge in [-0.25, -0.2) is 13.8 Å². The fourth-order valence-corrected chi connectivity index (χ4v) is 2.47. The van der Waals surface area contributed by atoms with Crippen molar-refractivity contribution >= 4 is 17.5 Å². The van der Waals surface area contributed by atoms with Crippen LogP contribution in [-0.4, -0.2) is 29.2 Å². The van der Waals surface area contributed by atoms with Crippen molar-refractivity contribution in [2.75, 3.05) is 23.8 Å². The summed E-state index contributed by atoms with van der Waals surface area (Å²) in [6.07, 6.45) is 2.25. The minimum atomic E-state index is -0.691. The van der Waals surface area contributed by atoms with E-state index in [2.05, 4.69) is 20.6 Å². The molecule has 0 amide bonds. The lowest BCUT2D eigenvalue weighted by molar-refractivity contribution is 0.120. The molecule has 0 bridgehead atoms. The zero-order valence-corrected chi connectivity index (χ0v) is 12.8. The lowest BCUT2D eigenvalue weighted by Crippen LogP contribution is -2.19. The molecule has 1 unspecified atom stereocenters. The fourth-order valence-electron chi connectivity index (χ4n) is 2.47. The van der Waals surface area contributed by atoms with Crippen molar-refractivity contribution < 1.29 is 13.5 Å². The van der Waals surface area contributed by atoms with Crippen LogP contribution in [0.2, 0.25) is 0 Å². The second-order valence-electron chi connectivity index (χ2n) is 5.46. The molecule has 1 aliphatic rings. The normalized spacial score (nSPS) is 17.3. The second kappa shape index (κ2) is 6.87. The Hall–Kier alpha value is -2.28. The third-order valence-corrected chi connectivity index (χ3v) is 3.59. The number of anilines is 3. The van der Waals surface area contributed by atoms with Gasteiger partial charge in [-0.05, 0) is 31.9 Å². The molecule has 5 nitrogen and oxygen atoms in total. The van der Waals surface area contributed by atoms with E-state index in [1.165, 1.54) is 18.2 Å². The number of hydrogen-bond donors (Lipinski definition) is 2. The van der Waals surface area contributed by atoms with Gasteiger partial charge in [0.15, 0.2) is 0 Å². The molecule has 1 aromatic heterocycles. The smallest absolute Gasteiger partial charge is 0.229 e. The summed E-state index contributed by atoms with van der Waals surface area (Å²) >= 11 is 0. The van der Waals surface area contributed by atoms with E-state index in [1.807, 2.05) is 0 Å². The van der Waals surface area contributed by atoms with E-state index in [-0.39, 0.29) is 17.7 Å². The van der Waals surface area contributed by atoms with E-state index in [0.29, 0.717) is 18.1 Å². The monoisotopic (exact) mass is 320 g/mol. The topological polar surface area (TPSA) is 59.1 Å². The van der Waals surface area contributed by atoms with Crippen LogP contribution in [0.5, 0.6) is 0 Å². The first-order valence-corrected chi connectivity index (χ1v) is 7.54. The van der Waals surface area contributed by atoms with E-state index in [1.54, 1.807) is 13.0 Å². The molecule has 122 valence electrons. The van der Waals surface area contributed by atoms with Crippen molar-refractivity contribution in [2.45, 2.75) is 25.9 Å². The summed E-state index contributed by atoms with van der Waals surface area (Å²) in [7, 11) is 0. The molecule has 0 spiro atoms. The number of halogens is 2. The number of aryl methyl sites for hydroxylation is 1. The van der Waals surface area contributed by atoms with Crippen LogP contribution in [0.25, 0.3) is 0 Å². The average Bonchev–Trinajstić information content (AvgIpc) is 3.02. The Labute approximate surface area is 133 Å². The minimum Gasteiger partial charge on any atom is -0.376 e. The highest BCUT2D eigenvalue weighted by atomic mass is 19.1. The highest BCUT2D eigenvalue weighted by Crippen LogP contribution is 2.22. The third-order valence-electron chi connectivity index (χ3n) is 3.59. The van der Waals surface area contributed by atoms with E-state index < -0.39 is 11.6 Å².